The fraction of sp³-hybridized carbons (Fsp3) is 0.526. The molecule has 2 amide bonds. The summed E-state index contributed by atoms with van der Waals surface area (Å²) in [6.45, 7) is 1.46. The van der Waals surface area contributed by atoms with Crippen LogP contribution in [-0.4, -0.2) is 50.2 Å². The zero-order valence-corrected chi connectivity index (χ0v) is 14.7. The lowest BCUT2D eigenvalue weighted by atomic mass is 10.1. The second-order valence-electron chi connectivity index (χ2n) is 6.55. The van der Waals surface area contributed by atoms with Gasteiger partial charge in [0.25, 0.3) is 5.91 Å². The van der Waals surface area contributed by atoms with E-state index in [4.69, 9.17) is 9.47 Å². The molecular weight excluding hydrogens is 336 g/mol. The van der Waals surface area contributed by atoms with Gasteiger partial charge in [0.05, 0.1) is 6.10 Å². The second-order valence-corrected chi connectivity index (χ2v) is 6.55. The minimum Gasteiger partial charge on any atom is -0.462 e. The first-order chi connectivity index (χ1) is 12.6. The van der Waals surface area contributed by atoms with Crippen molar-refractivity contribution in [3.8, 4) is 0 Å². The van der Waals surface area contributed by atoms with Crippen molar-refractivity contribution in [2.24, 2.45) is 0 Å². The van der Waals surface area contributed by atoms with Gasteiger partial charge in [0.1, 0.15) is 13.2 Å². The lowest BCUT2D eigenvalue weighted by Gasteiger charge is -2.22. The molecule has 2 aliphatic heterocycles. The van der Waals surface area contributed by atoms with Gasteiger partial charge in [-0.05, 0) is 49.9 Å². The highest BCUT2D eigenvalue weighted by Gasteiger charge is 2.22. The van der Waals surface area contributed by atoms with E-state index in [9.17, 15) is 14.4 Å². The number of nitrogens with zero attached hydrogens (tertiary/aromatic N) is 1. The Hall–Kier alpha value is -2.41. The number of hydrogen-bond acceptors (Lipinski definition) is 5. The van der Waals surface area contributed by atoms with Crippen LogP contribution in [0.2, 0.25) is 0 Å². The zero-order chi connectivity index (χ0) is 18.4. The van der Waals surface area contributed by atoms with E-state index in [1.165, 1.54) is 0 Å². The summed E-state index contributed by atoms with van der Waals surface area (Å²) < 4.78 is 10.6. The molecular formula is C19H24N2O5. The summed E-state index contributed by atoms with van der Waals surface area (Å²) in [6, 6.07) is 6.79. The molecule has 0 spiro atoms. The normalized spacial score (nSPS) is 20.1. The fourth-order valence-electron chi connectivity index (χ4n) is 3.14. The van der Waals surface area contributed by atoms with Gasteiger partial charge < -0.3 is 19.7 Å². The molecule has 7 nitrogen and oxygen atoms in total. The van der Waals surface area contributed by atoms with Crippen LogP contribution in [0.25, 0.3) is 0 Å². The lowest BCUT2D eigenvalue weighted by Crippen LogP contribution is -2.33. The molecule has 1 atom stereocenters. The van der Waals surface area contributed by atoms with Crippen molar-refractivity contribution in [3.05, 3.63) is 29.8 Å². The highest BCUT2D eigenvalue weighted by molar-refractivity contribution is 5.98. The summed E-state index contributed by atoms with van der Waals surface area (Å²) in [5.74, 6) is -0.728. The minimum absolute atomic E-state index is 0.0377. The Morgan fingerprint density at radius 1 is 1.19 bits per heavy atom. The molecule has 3 rings (SSSR count). The molecule has 1 N–H and O–H groups in total. The Morgan fingerprint density at radius 2 is 2.00 bits per heavy atom. The Balaban J connectivity index is 1.42. The van der Waals surface area contributed by atoms with Gasteiger partial charge in [0.2, 0.25) is 5.91 Å². The number of rotatable bonds is 6. The summed E-state index contributed by atoms with van der Waals surface area (Å²) >= 11 is 0. The van der Waals surface area contributed by atoms with Gasteiger partial charge in [-0.3, -0.25) is 14.4 Å². The predicted octanol–water partition coefficient (Wildman–Crippen LogP) is 1.66. The second kappa shape index (κ2) is 8.80. The number of carbonyl (C=O) groups is 3. The van der Waals surface area contributed by atoms with E-state index in [1.807, 2.05) is 0 Å². The molecule has 0 aliphatic carbocycles. The van der Waals surface area contributed by atoms with Gasteiger partial charge in [-0.25, -0.2) is 0 Å². The molecule has 0 unspecified atom stereocenters. The maximum absolute atomic E-state index is 12.1. The first-order valence-electron chi connectivity index (χ1n) is 9.09. The number of carbonyl (C=O) groups excluding carboxylic acids is 3. The van der Waals surface area contributed by atoms with Crippen molar-refractivity contribution in [1.82, 2.24) is 5.32 Å². The quantitative estimate of drug-likeness (QED) is 0.780. The van der Waals surface area contributed by atoms with E-state index in [0.717, 1.165) is 31.4 Å². The van der Waals surface area contributed by atoms with Crippen molar-refractivity contribution in [2.75, 3.05) is 31.2 Å². The molecule has 1 aromatic carbocycles. The van der Waals surface area contributed by atoms with Crippen LogP contribution < -0.4 is 10.2 Å². The van der Waals surface area contributed by atoms with E-state index >= 15 is 0 Å². The average Bonchev–Trinajstić information content (AvgIpc) is 3.11. The van der Waals surface area contributed by atoms with Gasteiger partial charge in [-0.15, -0.1) is 0 Å². The smallest absolute Gasteiger partial charge is 0.325 e. The molecule has 26 heavy (non-hydrogen) atoms. The van der Waals surface area contributed by atoms with Crippen molar-refractivity contribution in [1.29, 1.82) is 0 Å². The highest BCUT2D eigenvalue weighted by atomic mass is 16.6. The number of hydrogen-bond donors (Lipinski definition) is 1. The number of nitrogens with one attached hydrogen (secondary N) is 1. The SMILES string of the molecule is O=C(CNC(=O)c1ccc(N2CCCC2=O)cc1)OC[C@H]1CCCCO1. The Morgan fingerprint density at radius 3 is 2.65 bits per heavy atom. The highest BCUT2D eigenvalue weighted by Crippen LogP contribution is 2.21. The van der Waals surface area contributed by atoms with Gasteiger partial charge in [-0.2, -0.15) is 0 Å². The first-order valence-corrected chi connectivity index (χ1v) is 9.09. The molecule has 0 radical (unpaired) electrons. The topological polar surface area (TPSA) is 84.9 Å². The number of benzene rings is 1. The number of esters is 1. The number of ether oxygens (including phenoxy) is 2. The van der Waals surface area contributed by atoms with Crippen LogP contribution in [0.3, 0.4) is 0 Å². The van der Waals surface area contributed by atoms with Crippen molar-refractivity contribution in [3.63, 3.8) is 0 Å². The van der Waals surface area contributed by atoms with Crippen LogP contribution in [-0.2, 0) is 19.1 Å². The Bertz CT molecular complexity index is 652. The maximum atomic E-state index is 12.1. The first kappa shape index (κ1) is 18.4. The molecule has 2 saturated heterocycles. The summed E-state index contributed by atoms with van der Waals surface area (Å²) in [4.78, 5) is 37.3. The molecule has 0 saturated carbocycles. The van der Waals surface area contributed by atoms with Gasteiger partial charge in [-0.1, -0.05) is 0 Å². The third kappa shape index (κ3) is 4.82. The summed E-state index contributed by atoms with van der Waals surface area (Å²) in [5, 5.41) is 2.55. The van der Waals surface area contributed by atoms with Crippen molar-refractivity contribution < 1.29 is 23.9 Å². The summed E-state index contributed by atoms with van der Waals surface area (Å²) in [6.07, 6.45) is 4.41. The summed E-state index contributed by atoms with van der Waals surface area (Å²) in [5.41, 5.74) is 1.22. The van der Waals surface area contributed by atoms with Crippen LogP contribution in [0, 0.1) is 0 Å². The van der Waals surface area contributed by atoms with Crippen LogP contribution in [0.4, 0.5) is 5.69 Å². The molecule has 1 aromatic rings. The third-order valence-corrected chi connectivity index (χ3v) is 4.61. The molecule has 2 aliphatic rings. The van der Waals surface area contributed by atoms with E-state index in [0.29, 0.717) is 25.1 Å². The predicted molar refractivity (Wildman–Crippen MR) is 94.9 cm³/mol. The van der Waals surface area contributed by atoms with Crippen LogP contribution in [0.1, 0.15) is 42.5 Å². The fourth-order valence-corrected chi connectivity index (χ4v) is 3.14. The molecule has 2 heterocycles. The minimum atomic E-state index is -0.480. The van der Waals surface area contributed by atoms with E-state index in [2.05, 4.69) is 5.32 Å². The zero-order valence-electron chi connectivity index (χ0n) is 14.7. The summed E-state index contributed by atoms with van der Waals surface area (Å²) in [7, 11) is 0. The van der Waals surface area contributed by atoms with Crippen LogP contribution in [0.5, 0.6) is 0 Å². The number of amides is 2. The largest absolute Gasteiger partial charge is 0.462 e. The Labute approximate surface area is 152 Å². The molecule has 0 aromatic heterocycles. The van der Waals surface area contributed by atoms with E-state index < -0.39 is 5.97 Å². The lowest BCUT2D eigenvalue weighted by molar-refractivity contribution is -0.147. The molecule has 7 heteroatoms. The van der Waals surface area contributed by atoms with E-state index in [-0.39, 0.29) is 31.1 Å². The number of anilines is 1. The van der Waals surface area contributed by atoms with Crippen LogP contribution in [0.15, 0.2) is 24.3 Å². The van der Waals surface area contributed by atoms with Crippen molar-refractivity contribution >= 4 is 23.5 Å². The average molecular weight is 360 g/mol. The van der Waals surface area contributed by atoms with E-state index in [1.54, 1.807) is 29.2 Å². The Kier molecular flexibility index (Phi) is 6.22. The molecule has 140 valence electrons. The molecule has 2 fully saturated rings. The van der Waals surface area contributed by atoms with Crippen LogP contribution >= 0.6 is 0 Å². The van der Waals surface area contributed by atoms with Gasteiger partial charge in [0.15, 0.2) is 0 Å². The van der Waals surface area contributed by atoms with Gasteiger partial charge >= 0.3 is 5.97 Å². The standard InChI is InChI=1S/C19H24N2O5/c22-17-5-3-10-21(17)15-8-6-14(7-9-15)19(24)20-12-18(23)26-13-16-4-1-2-11-25-16/h6-9,16H,1-5,10-13H2,(H,20,24)/t16-/m1/s1. The molecule has 0 bridgehead atoms. The maximum Gasteiger partial charge on any atom is 0.325 e. The van der Waals surface area contributed by atoms with Gasteiger partial charge in [0, 0.05) is 30.8 Å². The monoisotopic (exact) mass is 360 g/mol. The third-order valence-electron chi connectivity index (χ3n) is 4.61. The van der Waals surface area contributed by atoms with Crippen molar-refractivity contribution in [2.45, 2.75) is 38.2 Å².